The van der Waals surface area contributed by atoms with Gasteiger partial charge in [-0.3, -0.25) is 4.98 Å². The number of tetrazole rings is 1. The number of hydrogen-bond donors (Lipinski definition) is 1. The summed E-state index contributed by atoms with van der Waals surface area (Å²) in [5, 5.41) is 22.1. The molecule has 5 rings (SSSR count). The monoisotopic (exact) mass is 593 g/mol. The van der Waals surface area contributed by atoms with E-state index in [0.717, 1.165) is 41.0 Å². The van der Waals surface area contributed by atoms with Gasteiger partial charge in [-0.25, -0.2) is 13.5 Å². The van der Waals surface area contributed by atoms with Gasteiger partial charge in [0, 0.05) is 34.0 Å². The number of pyridine rings is 1. The summed E-state index contributed by atoms with van der Waals surface area (Å²) in [6.45, 7) is -0.582. The maximum atomic E-state index is 15.9. The van der Waals surface area contributed by atoms with Crippen molar-refractivity contribution < 1.29 is 27.4 Å². The van der Waals surface area contributed by atoms with E-state index >= 15 is 8.78 Å². The summed E-state index contributed by atoms with van der Waals surface area (Å²) in [7, 11) is 0. The van der Waals surface area contributed by atoms with Crippen molar-refractivity contribution in [2.24, 2.45) is 0 Å². The molecule has 2 aromatic heterocycles. The van der Waals surface area contributed by atoms with Gasteiger partial charge in [0.25, 0.3) is 0 Å². The molecule has 12 heteroatoms. The second-order valence-electron chi connectivity index (χ2n) is 9.19. The first kappa shape index (κ1) is 28.7. The average molecular weight is 594 g/mol. The number of benzene rings is 3. The minimum absolute atomic E-state index is 0.314. The molecule has 2 heterocycles. The second kappa shape index (κ2) is 12.0. The molecule has 0 amide bonds. The van der Waals surface area contributed by atoms with Crippen molar-refractivity contribution in [2.75, 3.05) is 0 Å². The molecule has 1 unspecified atom stereocenters. The number of ether oxygens (including phenoxy) is 1. The van der Waals surface area contributed by atoms with Crippen molar-refractivity contribution in [3.8, 4) is 17.6 Å². The highest BCUT2D eigenvalue weighted by Crippen LogP contribution is 2.46. The van der Waals surface area contributed by atoms with Crippen LogP contribution in [0, 0.1) is 23.5 Å². The number of nitrogens with zero attached hydrogens (tertiary/aromatic N) is 5. The van der Waals surface area contributed by atoms with Crippen molar-refractivity contribution in [1.29, 1.82) is 0 Å². The molecule has 0 aliphatic rings. The van der Waals surface area contributed by atoms with E-state index in [4.69, 9.17) is 16.3 Å². The van der Waals surface area contributed by atoms with Gasteiger partial charge < -0.3 is 9.84 Å². The van der Waals surface area contributed by atoms with Gasteiger partial charge in [-0.1, -0.05) is 35.6 Å². The van der Waals surface area contributed by atoms with Crippen LogP contribution in [-0.2, 0) is 24.7 Å². The largest absolute Gasteiger partial charge is 0.489 e. The van der Waals surface area contributed by atoms with Crippen LogP contribution in [-0.4, -0.2) is 30.3 Å². The van der Waals surface area contributed by atoms with Crippen LogP contribution in [0.2, 0.25) is 5.02 Å². The normalized spacial score (nSPS) is 12.7. The molecule has 5 aromatic rings. The molecule has 0 radical (unpaired) electrons. The summed E-state index contributed by atoms with van der Waals surface area (Å²) >= 11 is 5.89. The van der Waals surface area contributed by atoms with E-state index in [-0.39, 0.29) is 0 Å². The fourth-order valence-electron chi connectivity index (χ4n) is 4.06. The van der Waals surface area contributed by atoms with Crippen molar-refractivity contribution >= 4 is 11.6 Å². The number of hydrogen-bond acceptors (Lipinski definition) is 6. The molecule has 42 heavy (non-hydrogen) atoms. The van der Waals surface area contributed by atoms with Crippen LogP contribution in [0.3, 0.4) is 0 Å². The zero-order valence-corrected chi connectivity index (χ0v) is 22.3. The second-order valence-corrected chi connectivity index (χ2v) is 9.62. The topological polar surface area (TPSA) is 86.0 Å². The Morgan fingerprint density at radius 2 is 1.62 bits per heavy atom. The maximum Gasteiger partial charge on any atom is 0.323 e. The van der Waals surface area contributed by atoms with E-state index < -0.39 is 41.0 Å². The minimum atomic E-state index is -4.16. The molecule has 1 N–H and O–H groups in total. The zero-order chi connectivity index (χ0) is 29.7. The Morgan fingerprint density at radius 1 is 0.905 bits per heavy atom. The van der Waals surface area contributed by atoms with Crippen molar-refractivity contribution in [3.05, 3.63) is 136 Å². The van der Waals surface area contributed by atoms with Gasteiger partial charge in [-0.2, -0.15) is 8.78 Å². The van der Waals surface area contributed by atoms with Gasteiger partial charge in [-0.15, -0.1) is 5.10 Å². The molecule has 3 aromatic carbocycles. The van der Waals surface area contributed by atoms with E-state index in [0.29, 0.717) is 34.6 Å². The van der Waals surface area contributed by atoms with Gasteiger partial charge in [0.15, 0.2) is 5.60 Å². The van der Waals surface area contributed by atoms with Crippen LogP contribution in [0.4, 0.5) is 17.6 Å². The molecule has 0 spiro atoms. The van der Waals surface area contributed by atoms with Crippen molar-refractivity contribution in [2.45, 2.75) is 24.7 Å². The third-order valence-electron chi connectivity index (χ3n) is 6.29. The standard InChI is InChI=1S/C30H20ClF4N5O2/c31-23-8-3-22(4-9-23)17-42-25-11-5-20(6-12-25)1-2-21-7-14-28(36-16-21)30(34,35)29(41,18-40-19-37-38-39-40)26-13-10-24(32)15-27(26)33/h3-16,19,41H,17-18H2. The number of aromatic nitrogens is 5. The highest BCUT2D eigenvalue weighted by Gasteiger charge is 2.58. The zero-order valence-electron chi connectivity index (χ0n) is 21.6. The third-order valence-corrected chi connectivity index (χ3v) is 6.54. The van der Waals surface area contributed by atoms with Gasteiger partial charge in [0.05, 0.1) is 6.54 Å². The summed E-state index contributed by atoms with van der Waals surface area (Å²) in [5.74, 6) is -0.132. The number of aliphatic hydroxyl groups is 1. The van der Waals surface area contributed by atoms with Crippen LogP contribution in [0.5, 0.6) is 5.75 Å². The number of rotatable bonds is 8. The summed E-state index contributed by atoms with van der Waals surface area (Å²) in [4.78, 5) is 3.81. The molecule has 0 aliphatic carbocycles. The highest BCUT2D eigenvalue weighted by atomic mass is 35.5. The van der Waals surface area contributed by atoms with E-state index in [1.54, 1.807) is 36.4 Å². The Morgan fingerprint density at radius 3 is 2.26 bits per heavy atom. The Kier molecular flexibility index (Phi) is 8.20. The van der Waals surface area contributed by atoms with E-state index in [1.165, 1.54) is 6.07 Å². The molecule has 7 nitrogen and oxygen atoms in total. The van der Waals surface area contributed by atoms with E-state index in [2.05, 4.69) is 32.4 Å². The summed E-state index contributed by atoms with van der Waals surface area (Å²) in [5.41, 5.74) is -3.02. The quantitative estimate of drug-likeness (QED) is 0.185. The SMILES string of the molecule is OC(Cn1cnnn1)(c1ccc(F)cc1F)C(F)(F)c1ccc(C#Cc2ccc(OCc3ccc(Cl)cc3)cc2)cn1. The first-order valence-corrected chi connectivity index (χ1v) is 12.7. The minimum Gasteiger partial charge on any atom is -0.489 e. The number of alkyl halides is 2. The highest BCUT2D eigenvalue weighted by molar-refractivity contribution is 6.30. The Bertz CT molecular complexity index is 1720. The van der Waals surface area contributed by atoms with Crippen molar-refractivity contribution in [1.82, 2.24) is 25.2 Å². The predicted octanol–water partition coefficient (Wildman–Crippen LogP) is 5.66. The van der Waals surface area contributed by atoms with Crippen LogP contribution in [0.15, 0.2) is 91.4 Å². The average Bonchev–Trinajstić information content (AvgIpc) is 3.49. The molecule has 1 atom stereocenters. The molecule has 212 valence electrons. The molecule has 0 fully saturated rings. The molecular weight excluding hydrogens is 574 g/mol. The lowest BCUT2D eigenvalue weighted by atomic mass is 9.84. The molecule has 0 bridgehead atoms. The Balaban J connectivity index is 1.33. The van der Waals surface area contributed by atoms with Gasteiger partial charge in [-0.05, 0) is 76.7 Å². The lowest BCUT2D eigenvalue weighted by Gasteiger charge is -2.35. The fourth-order valence-corrected chi connectivity index (χ4v) is 4.18. The smallest absolute Gasteiger partial charge is 0.323 e. The van der Waals surface area contributed by atoms with Crippen molar-refractivity contribution in [3.63, 3.8) is 0 Å². The number of halogens is 5. The van der Waals surface area contributed by atoms with Gasteiger partial charge >= 0.3 is 5.92 Å². The van der Waals surface area contributed by atoms with Crippen LogP contribution >= 0.6 is 11.6 Å². The van der Waals surface area contributed by atoms with Crippen LogP contribution in [0.25, 0.3) is 0 Å². The van der Waals surface area contributed by atoms with Crippen LogP contribution in [0.1, 0.15) is 27.9 Å². The lowest BCUT2D eigenvalue weighted by molar-refractivity contribution is -0.207. The molecular formula is C30H20ClF4N5O2. The molecule has 0 aliphatic heterocycles. The summed E-state index contributed by atoms with van der Waals surface area (Å²) in [6, 6.07) is 18.5. The first-order valence-electron chi connectivity index (χ1n) is 12.4. The summed E-state index contributed by atoms with van der Waals surface area (Å²) in [6.07, 6.45) is 2.09. The lowest BCUT2D eigenvalue weighted by Crippen LogP contribution is -2.48. The maximum absolute atomic E-state index is 15.9. The molecule has 0 saturated heterocycles. The Hall–Kier alpha value is -4.79. The van der Waals surface area contributed by atoms with E-state index in [9.17, 15) is 13.9 Å². The van der Waals surface area contributed by atoms with Crippen LogP contribution < -0.4 is 4.74 Å². The predicted molar refractivity (Wildman–Crippen MR) is 144 cm³/mol. The Labute approximate surface area is 242 Å². The summed E-state index contributed by atoms with van der Waals surface area (Å²) < 4.78 is 66.5. The van der Waals surface area contributed by atoms with Gasteiger partial charge in [0.1, 0.15) is 36.0 Å². The van der Waals surface area contributed by atoms with E-state index in [1.807, 2.05) is 12.1 Å². The fraction of sp³-hybridized carbons (Fsp3) is 0.133. The molecule has 0 saturated carbocycles. The first-order chi connectivity index (χ1) is 20.1. The van der Waals surface area contributed by atoms with Gasteiger partial charge in [0.2, 0.25) is 0 Å². The third kappa shape index (κ3) is 6.25.